The highest BCUT2D eigenvalue weighted by Crippen LogP contribution is 2.19. The van der Waals surface area contributed by atoms with Crippen LogP contribution in [-0.2, 0) is 17.8 Å². The molecule has 1 heterocycles. The number of aryl methyl sites for hydroxylation is 1. The minimum Gasteiger partial charge on any atom is -0.337 e. The molecule has 0 unspecified atom stereocenters. The molecule has 3 rings (SSSR count). The minimum absolute atomic E-state index is 0.00575. The number of imide groups is 1. The number of urea groups is 1. The van der Waals surface area contributed by atoms with E-state index in [1.165, 1.54) is 23.0 Å². The van der Waals surface area contributed by atoms with Crippen LogP contribution in [-0.4, -0.2) is 39.0 Å². The molecule has 0 atom stereocenters. The fourth-order valence-electron chi connectivity index (χ4n) is 3.30. The number of carbonyl (C=O) groups is 2. The first-order valence-corrected chi connectivity index (χ1v) is 11.2. The molecule has 1 aliphatic rings. The summed E-state index contributed by atoms with van der Waals surface area (Å²) in [5, 5.41) is 11.9. The van der Waals surface area contributed by atoms with E-state index in [-0.39, 0.29) is 11.4 Å². The molecule has 2 aromatic rings. The van der Waals surface area contributed by atoms with Gasteiger partial charge < -0.3 is 5.32 Å². The van der Waals surface area contributed by atoms with E-state index in [4.69, 9.17) is 0 Å². The first-order chi connectivity index (χ1) is 14.6. The molecule has 0 radical (unpaired) electrons. The number of thioether (sulfide) groups is 1. The number of hydrogen-bond donors (Lipinski definition) is 3. The van der Waals surface area contributed by atoms with Crippen LogP contribution in [0.2, 0.25) is 0 Å². The Bertz CT molecular complexity index is 936. The van der Waals surface area contributed by atoms with Crippen LogP contribution in [0, 0.1) is 0 Å². The monoisotopic (exact) mass is 429 g/mol. The maximum Gasteiger partial charge on any atom is 0.343 e. The summed E-state index contributed by atoms with van der Waals surface area (Å²) in [4.78, 5) is 35.9. The number of hydrogen-bond acceptors (Lipinski definition) is 5. The van der Waals surface area contributed by atoms with Crippen LogP contribution in [0.5, 0.6) is 0 Å². The van der Waals surface area contributed by atoms with Gasteiger partial charge in [0.25, 0.3) is 0 Å². The topological polar surface area (TPSA) is 109 Å². The predicted octanol–water partition coefficient (Wildman–Crippen LogP) is 2.62. The summed E-state index contributed by atoms with van der Waals surface area (Å²) < 4.78 is 1.50. The van der Waals surface area contributed by atoms with Crippen LogP contribution in [0.3, 0.4) is 0 Å². The Morgan fingerprint density at radius 3 is 2.77 bits per heavy atom. The Morgan fingerprint density at radius 2 is 2.00 bits per heavy atom. The molecule has 0 spiro atoms. The van der Waals surface area contributed by atoms with Crippen LogP contribution in [0.25, 0.3) is 0 Å². The van der Waals surface area contributed by atoms with Crippen molar-refractivity contribution in [2.45, 2.75) is 50.2 Å². The van der Waals surface area contributed by atoms with Crippen LogP contribution in [0.15, 0.2) is 51.9 Å². The molecule has 0 aliphatic heterocycles. The van der Waals surface area contributed by atoms with E-state index >= 15 is 0 Å². The van der Waals surface area contributed by atoms with Gasteiger partial charge in [-0.15, -0.1) is 5.10 Å². The Morgan fingerprint density at radius 1 is 1.17 bits per heavy atom. The third-order valence-corrected chi connectivity index (χ3v) is 5.87. The van der Waals surface area contributed by atoms with Crippen molar-refractivity contribution in [1.82, 2.24) is 25.4 Å². The average Bonchev–Trinajstić information content (AvgIpc) is 3.11. The summed E-state index contributed by atoms with van der Waals surface area (Å²) in [6, 6.07) is 9.33. The van der Waals surface area contributed by atoms with Crippen molar-refractivity contribution in [3.8, 4) is 0 Å². The third kappa shape index (κ3) is 6.91. The summed E-state index contributed by atoms with van der Waals surface area (Å²) in [5.74, 6) is -0.437. The standard InChI is InChI=1S/C21H27N5O3S/c27-18(23-19(28)22-13-11-16-7-3-1-4-8-16)15-30-21-25-24-20(29)26(21)14-12-17-9-5-2-6-10-17/h2,5-7,9-10H,1,3-4,8,11-15H2,(H,24,29)(H2,22,23,27,28). The van der Waals surface area contributed by atoms with Gasteiger partial charge in [0.05, 0.1) is 5.75 Å². The predicted molar refractivity (Wildman–Crippen MR) is 116 cm³/mol. The fraction of sp³-hybridized carbons (Fsp3) is 0.429. The van der Waals surface area contributed by atoms with Crippen LogP contribution < -0.4 is 16.3 Å². The Kier molecular flexibility index (Phi) is 8.31. The molecular formula is C21H27N5O3S. The number of amides is 3. The van der Waals surface area contributed by atoms with Gasteiger partial charge in [-0.1, -0.05) is 53.7 Å². The summed E-state index contributed by atoms with van der Waals surface area (Å²) in [5.41, 5.74) is 2.17. The molecule has 1 aromatic heterocycles. The number of carbonyl (C=O) groups excluding carboxylic acids is 2. The zero-order valence-electron chi connectivity index (χ0n) is 16.9. The molecule has 3 N–H and O–H groups in total. The second-order valence-corrected chi connectivity index (χ2v) is 8.09. The van der Waals surface area contributed by atoms with Gasteiger partial charge in [-0.3, -0.25) is 14.7 Å². The molecule has 160 valence electrons. The van der Waals surface area contributed by atoms with Crippen molar-refractivity contribution in [2.24, 2.45) is 0 Å². The fourth-order valence-corrected chi connectivity index (χ4v) is 4.07. The molecule has 8 nitrogen and oxygen atoms in total. The van der Waals surface area contributed by atoms with E-state index in [1.54, 1.807) is 0 Å². The molecule has 0 bridgehead atoms. The number of aromatic amines is 1. The van der Waals surface area contributed by atoms with E-state index in [2.05, 4.69) is 26.9 Å². The number of rotatable bonds is 9. The highest BCUT2D eigenvalue weighted by molar-refractivity contribution is 7.99. The van der Waals surface area contributed by atoms with Crippen molar-refractivity contribution in [2.75, 3.05) is 12.3 Å². The molecule has 3 amide bonds. The van der Waals surface area contributed by atoms with E-state index < -0.39 is 11.9 Å². The zero-order chi connectivity index (χ0) is 21.2. The van der Waals surface area contributed by atoms with Gasteiger partial charge >= 0.3 is 11.7 Å². The van der Waals surface area contributed by atoms with Crippen molar-refractivity contribution < 1.29 is 9.59 Å². The lowest BCUT2D eigenvalue weighted by molar-refractivity contribution is -0.117. The number of H-pyrrole nitrogens is 1. The molecular weight excluding hydrogens is 402 g/mol. The van der Waals surface area contributed by atoms with Gasteiger partial charge in [-0.05, 0) is 44.1 Å². The molecule has 0 saturated carbocycles. The van der Waals surface area contributed by atoms with Gasteiger partial charge in [0.15, 0.2) is 5.16 Å². The zero-order valence-corrected chi connectivity index (χ0v) is 17.7. The summed E-state index contributed by atoms with van der Waals surface area (Å²) in [7, 11) is 0. The van der Waals surface area contributed by atoms with E-state index in [0.717, 1.165) is 36.6 Å². The summed E-state index contributed by atoms with van der Waals surface area (Å²) in [6.07, 6.45) is 8.38. The van der Waals surface area contributed by atoms with Crippen molar-refractivity contribution in [3.63, 3.8) is 0 Å². The lowest BCUT2D eigenvalue weighted by Gasteiger charge is -2.13. The van der Waals surface area contributed by atoms with Gasteiger partial charge in [-0.2, -0.15) is 0 Å². The highest BCUT2D eigenvalue weighted by Gasteiger charge is 2.13. The maximum absolute atomic E-state index is 12.1. The lowest BCUT2D eigenvalue weighted by atomic mass is 9.97. The Hall–Kier alpha value is -2.81. The maximum atomic E-state index is 12.1. The second kappa shape index (κ2) is 11.4. The van der Waals surface area contributed by atoms with Crippen molar-refractivity contribution >= 4 is 23.7 Å². The first kappa shape index (κ1) is 21.9. The molecule has 9 heteroatoms. The van der Waals surface area contributed by atoms with E-state index in [9.17, 15) is 14.4 Å². The van der Waals surface area contributed by atoms with Crippen LogP contribution in [0.1, 0.15) is 37.7 Å². The van der Waals surface area contributed by atoms with Gasteiger partial charge in [-0.25, -0.2) is 14.7 Å². The molecule has 1 aromatic carbocycles. The molecule has 1 aliphatic carbocycles. The smallest absolute Gasteiger partial charge is 0.337 e. The minimum atomic E-state index is -0.500. The van der Waals surface area contributed by atoms with Crippen LogP contribution in [0.4, 0.5) is 4.79 Å². The first-order valence-electron chi connectivity index (χ1n) is 10.2. The van der Waals surface area contributed by atoms with Crippen molar-refractivity contribution in [1.29, 1.82) is 0 Å². The number of nitrogens with zero attached hydrogens (tertiary/aromatic N) is 2. The summed E-state index contributed by atoms with van der Waals surface area (Å²) >= 11 is 1.12. The van der Waals surface area contributed by atoms with Gasteiger partial charge in [0.2, 0.25) is 5.91 Å². The SMILES string of the molecule is O=C(CSc1n[nH]c(=O)n1CCc1ccccc1)NC(=O)NCCC1=CCCCC1. The lowest BCUT2D eigenvalue weighted by Crippen LogP contribution is -2.40. The van der Waals surface area contributed by atoms with E-state index in [1.807, 2.05) is 30.3 Å². The van der Waals surface area contributed by atoms with Crippen molar-refractivity contribution in [3.05, 3.63) is 58.0 Å². The largest absolute Gasteiger partial charge is 0.343 e. The summed E-state index contributed by atoms with van der Waals surface area (Å²) in [6.45, 7) is 0.968. The Balaban J connectivity index is 1.40. The van der Waals surface area contributed by atoms with E-state index in [0.29, 0.717) is 24.7 Å². The molecule has 0 fully saturated rings. The highest BCUT2D eigenvalue weighted by atomic mass is 32.2. The molecule has 0 saturated heterocycles. The number of benzene rings is 1. The quantitative estimate of drug-likeness (QED) is 0.419. The normalized spacial score (nSPS) is 13.5. The third-order valence-electron chi connectivity index (χ3n) is 4.89. The number of nitrogens with one attached hydrogen (secondary N) is 3. The number of aromatic nitrogens is 3. The van der Waals surface area contributed by atoms with Gasteiger partial charge in [0.1, 0.15) is 0 Å². The van der Waals surface area contributed by atoms with Crippen LogP contribution >= 0.6 is 11.8 Å². The average molecular weight is 430 g/mol. The Labute approximate surface area is 179 Å². The van der Waals surface area contributed by atoms with Gasteiger partial charge in [0, 0.05) is 13.1 Å². The number of allylic oxidation sites excluding steroid dienone is 1. The second-order valence-electron chi connectivity index (χ2n) is 7.15. The molecule has 30 heavy (non-hydrogen) atoms.